The zero-order valence-corrected chi connectivity index (χ0v) is 15.5. The van der Waals surface area contributed by atoms with Gasteiger partial charge in [0.15, 0.2) is 11.5 Å². The Morgan fingerprint density at radius 1 is 1.26 bits per heavy atom. The number of rotatable bonds is 5. The number of ether oxygens (including phenoxy) is 2. The van der Waals surface area contributed by atoms with Crippen LogP contribution in [0.1, 0.15) is 11.1 Å². The number of thioether (sulfide) groups is 1. The van der Waals surface area contributed by atoms with Crippen molar-refractivity contribution in [1.82, 2.24) is 0 Å². The van der Waals surface area contributed by atoms with E-state index in [9.17, 15) is 4.39 Å². The van der Waals surface area contributed by atoms with E-state index in [0.717, 1.165) is 32.0 Å². The predicted molar refractivity (Wildman–Crippen MR) is 100 cm³/mol. The van der Waals surface area contributed by atoms with Crippen molar-refractivity contribution in [2.24, 2.45) is 4.99 Å². The smallest absolute Gasteiger partial charge is 0.174 e. The topological polar surface area (TPSA) is 30.8 Å². The Morgan fingerprint density at radius 3 is 2.70 bits per heavy atom. The predicted octanol–water partition coefficient (Wildman–Crippen LogP) is 4.51. The zero-order valence-electron chi connectivity index (χ0n) is 12.5. The molecular weight excluding hydrogens is 428 g/mol. The lowest BCUT2D eigenvalue weighted by atomic mass is 10.2. The van der Waals surface area contributed by atoms with Crippen molar-refractivity contribution in [3.05, 3.63) is 56.9 Å². The van der Waals surface area contributed by atoms with Crippen molar-refractivity contribution in [2.45, 2.75) is 6.61 Å². The van der Waals surface area contributed by atoms with Crippen LogP contribution in [0, 0.1) is 9.39 Å². The molecule has 0 radical (unpaired) electrons. The molecule has 3 rings (SSSR count). The third kappa shape index (κ3) is 3.98. The van der Waals surface area contributed by atoms with Gasteiger partial charge in [0, 0.05) is 17.9 Å². The first-order chi connectivity index (χ1) is 11.2. The molecular formula is C17H15FINO2S. The molecule has 0 atom stereocenters. The molecule has 0 saturated heterocycles. The average molecular weight is 443 g/mol. The average Bonchev–Trinajstić information content (AvgIpc) is 3.09. The summed E-state index contributed by atoms with van der Waals surface area (Å²) in [5, 5.41) is 1.05. The maximum atomic E-state index is 12.9. The number of hydrogen-bond donors (Lipinski definition) is 0. The third-order valence-corrected chi connectivity index (χ3v) is 5.18. The van der Waals surface area contributed by atoms with Gasteiger partial charge < -0.3 is 9.47 Å². The highest BCUT2D eigenvalue weighted by Crippen LogP contribution is 2.36. The number of benzene rings is 2. The van der Waals surface area contributed by atoms with Gasteiger partial charge in [0.25, 0.3) is 0 Å². The highest BCUT2D eigenvalue weighted by Gasteiger charge is 2.17. The van der Waals surface area contributed by atoms with Gasteiger partial charge in [0.2, 0.25) is 0 Å². The van der Waals surface area contributed by atoms with Crippen molar-refractivity contribution in [3.63, 3.8) is 0 Å². The number of aliphatic imine (C=N–C) groups is 1. The van der Waals surface area contributed by atoms with Gasteiger partial charge in [-0.2, -0.15) is 0 Å². The van der Waals surface area contributed by atoms with Crippen molar-refractivity contribution in [2.75, 3.05) is 19.4 Å². The Morgan fingerprint density at radius 2 is 2.04 bits per heavy atom. The Balaban J connectivity index is 1.82. The summed E-state index contributed by atoms with van der Waals surface area (Å²) in [7, 11) is 1.63. The molecule has 0 fully saturated rings. The van der Waals surface area contributed by atoms with E-state index in [4.69, 9.17) is 9.47 Å². The third-order valence-electron chi connectivity index (χ3n) is 3.36. The lowest BCUT2D eigenvalue weighted by Crippen LogP contribution is -2.02. The molecule has 6 heteroatoms. The molecule has 1 aliphatic heterocycles. The number of nitrogens with zero attached hydrogens (tertiary/aromatic N) is 1. The van der Waals surface area contributed by atoms with E-state index in [1.54, 1.807) is 31.0 Å². The fraction of sp³-hybridized carbons (Fsp3) is 0.235. The van der Waals surface area contributed by atoms with Crippen LogP contribution in [0.3, 0.4) is 0 Å². The van der Waals surface area contributed by atoms with Crippen LogP contribution in [0.2, 0.25) is 0 Å². The summed E-state index contributed by atoms with van der Waals surface area (Å²) in [6, 6.07) is 10.3. The minimum Gasteiger partial charge on any atom is -0.493 e. The molecule has 0 N–H and O–H groups in total. The van der Waals surface area contributed by atoms with Crippen molar-refractivity contribution in [3.8, 4) is 11.5 Å². The molecule has 0 aliphatic carbocycles. The summed E-state index contributed by atoms with van der Waals surface area (Å²) in [5.74, 6) is 2.16. The van der Waals surface area contributed by atoms with Crippen LogP contribution in [0.5, 0.6) is 11.5 Å². The lowest BCUT2D eigenvalue weighted by molar-refractivity contribution is 0.282. The molecule has 0 aromatic heterocycles. The molecule has 0 unspecified atom stereocenters. The van der Waals surface area contributed by atoms with Crippen molar-refractivity contribution >= 4 is 39.4 Å². The summed E-state index contributed by atoms with van der Waals surface area (Å²) < 4.78 is 25.3. The highest BCUT2D eigenvalue weighted by molar-refractivity contribution is 14.1. The molecule has 3 nitrogen and oxygen atoms in total. The van der Waals surface area contributed by atoms with Crippen LogP contribution in [0.25, 0.3) is 0 Å². The molecule has 1 aliphatic rings. The highest BCUT2D eigenvalue weighted by atomic mass is 127. The summed E-state index contributed by atoms with van der Waals surface area (Å²) in [4.78, 5) is 4.50. The summed E-state index contributed by atoms with van der Waals surface area (Å²) in [5.41, 5.74) is 1.96. The van der Waals surface area contributed by atoms with E-state index in [2.05, 4.69) is 33.6 Å². The molecule has 23 heavy (non-hydrogen) atoms. The van der Waals surface area contributed by atoms with Crippen LogP contribution in [-0.4, -0.2) is 24.5 Å². The van der Waals surface area contributed by atoms with Gasteiger partial charge in [0.05, 0.1) is 15.7 Å². The number of methoxy groups -OCH3 is 1. The Hall–Kier alpha value is -1.28. The van der Waals surface area contributed by atoms with Crippen molar-refractivity contribution < 1.29 is 13.9 Å². The van der Waals surface area contributed by atoms with E-state index in [1.807, 2.05) is 6.07 Å². The van der Waals surface area contributed by atoms with E-state index in [-0.39, 0.29) is 5.82 Å². The maximum absolute atomic E-state index is 12.9. The zero-order chi connectivity index (χ0) is 16.2. The maximum Gasteiger partial charge on any atom is 0.174 e. The SMILES string of the molecule is COc1cc(C2=NCCS2)cc(I)c1OCc1ccc(F)cc1. The van der Waals surface area contributed by atoms with Crippen LogP contribution in [0.4, 0.5) is 4.39 Å². The van der Waals surface area contributed by atoms with E-state index < -0.39 is 0 Å². The van der Waals surface area contributed by atoms with Crippen molar-refractivity contribution in [1.29, 1.82) is 0 Å². The largest absolute Gasteiger partial charge is 0.493 e. The molecule has 1 heterocycles. The van der Waals surface area contributed by atoms with E-state index in [1.165, 1.54) is 12.1 Å². The second kappa shape index (κ2) is 7.53. The Kier molecular flexibility index (Phi) is 5.42. The van der Waals surface area contributed by atoms with Crippen LogP contribution >= 0.6 is 34.4 Å². The molecule has 0 bridgehead atoms. The fourth-order valence-corrected chi connectivity index (χ4v) is 3.83. The molecule has 0 saturated carbocycles. The number of halogens is 2. The normalized spacial score (nSPS) is 13.8. The van der Waals surface area contributed by atoms with E-state index in [0.29, 0.717) is 18.1 Å². The fourth-order valence-electron chi connectivity index (χ4n) is 2.23. The van der Waals surface area contributed by atoms with Crippen LogP contribution in [0.15, 0.2) is 41.4 Å². The van der Waals surface area contributed by atoms with Gasteiger partial charge in [0.1, 0.15) is 12.4 Å². The monoisotopic (exact) mass is 443 g/mol. The summed E-state index contributed by atoms with van der Waals surface area (Å²) in [6.45, 7) is 1.23. The van der Waals surface area contributed by atoms with Crippen LogP contribution in [-0.2, 0) is 6.61 Å². The standard InChI is InChI=1S/C17H15FINO2S/c1-21-15-9-12(17-20-6-7-23-17)8-14(19)16(15)22-10-11-2-4-13(18)5-3-11/h2-5,8-9H,6-7,10H2,1H3. The van der Waals surface area contributed by atoms with Gasteiger partial charge in [-0.1, -0.05) is 12.1 Å². The van der Waals surface area contributed by atoms with Crippen LogP contribution < -0.4 is 9.47 Å². The Labute approximate surface area is 152 Å². The van der Waals surface area contributed by atoms with Gasteiger partial charge in [-0.05, 0) is 52.4 Å². The quantitative estimate of drug-likeness (QED) is 0.638. The molecule has 2 aromatic rings. The van der Waals surface area contributed by atoms with Gasteiger partial charge in [-0.25, -0.2) is 4.39 Å². The second-order valence-corrected chi connectivity index (χ2v) is 7.19. The van der Waals surface area contributed by atoms with E-state index >= 15 is 0 Å². The van der Waals surface area contributed by atoms with Gasteiger partial charge in [-0.3, -0.25) is 4.99 Å². The second-order valence-electron chi connectivity index (χ2n) is 4.94. The molecule has 0 spiro atoms. The number of hydrogen-bond acceptors (Lipinski definition) is 4. The summed E-state index contributed by atoms with van der Waals surface area (Å²) >= 11 is 4.00. The first-order valence-corrected chi connectivity index (χ1v) is 9.16. The minimum atomic E-state index is -0.250. The van der Waals surface area contributed by atoms with Gasteiger partial charge >= 0.3 is 0 Å². The molecule has 120 valence electrons. The lowest BCUT2D eigenvalue weighted by Gasteiger charge is -2.14. The molecule has 0 amide bonds. The first kappa shape index (κ1) is 16.6. The Bertz CT molecular complexity index is 734. The summed E-state index contributed by atoms with van der Waals surface area (Å²) in [6.07, 6.45) is 0. The van der Waals surface area contributed by atoms with Gasteiger partial charge in [-0.15, -0.1) is 11.8 Å². The molecule has 2 aromatic carbocycles. The first-order valence-electron chi connectivity index (χ1n) is 7.10. The minimum absolute atomic E-state index is 0.250.